The second kappa shape index (κ2) is 4.79. The van der Waals surface area contributed by atoms with Gasteiger partial charge in [-0.15, -0.1) is 0 Å². The Morgan fingerprint density at radius 2 is 1.17 bits per heavy atom. The highest BCUT2D eigenvalue weighted by Crippen LogP contribution is 2.47. The van der Waals surface area contributed by atoms with Crippen LogP contribution in [0.2, 0.25) is 0 Å². The average Bonchev–Trinajstić information content (AvgIpc) is 2.79. The SMILES string of the molecule is CC1(C)CCC(C2CCC3(CC2)OCCO3)CC1. The maximum absolute atomic E-state index is 5.83. The third kappa shape index (κ3) is 2.60. The monoisotopic (exact) mass is 252 g/mol. The van der Waals surface area contributed by atoms with Crippen molar-refractivity contribution in [1.82, 2.24) is 0 Å². The van der Waals surface area contributed by atoms with Gasteiger partial charge < -0.3 is 9.47 Å². The fourth-order valence-electron chi connectivity index (χ4n) is 4.23. The zero-order valence-electron chi connectivity index (χ0n) is 12.0. The van der Waals surface area contributed by atoms with Crippen molar-refractivity contribution in [2.24, 2.45) is 17.3 Å². The lowest BCUT2D eigenvalue weighted by Gasteiger charge is -2.42. The standard InChI is InChI=1S/C16H28O2/c1-15(2)7-3-13(4-8-15)14-5-9-16(10-6-14)17-11-12-18-16/h13-14H,3-12H2,1-2H3. The molecule has 1 saturated heterocycles. The minimum atomic E-state index is -0.162. The van der Waals surface area contributed by atoms with Crippen molar-refractivity contribution in [3.8, 4) is 0 Å². The molecule has 0 aromatic rings. The molecule has 104 valence electrons. The molecule has 0 N–H and O–H groups in total. The first-order chi connectivity index (χ1) is 8.59. The third-order valence-corrected chi connectivity index (χ3v) is 5.66. The Bertz CT molecular complexity index is 271. The fourth-order valence-corrected chi connectivity index (χ4v) is 4.23. The van der Waals surface area contributed by atoms with Crippen LogP contribution in [0.25, 0.3) is 0 Å². The van der Waals surface area contributed by atoms with Crippen molar-refractivity contribution in [2.45, 2.75) is 71.0 Å². The van der Waals surface area contributed by atoms with Crippen LogP contribution in [0.1, 0.15) is 65.2 Å². The van der Waals surface area contributed by atoms with Crippen molar-refractivity contribution in [3.63, 3.8) is 0 Å². The van der Waals surface area contributed by atoms with Gasteiger partial charge in [-0.3, -0.25) is 0 Å². The molecule has 2 nitrogen and oxygen atoms in total. The second-order valence-electron chi connectivity index (χ2n) is 7.45. The predicted molar refractivity (Wildman–Crippen MR) is 72.3 cm³/mol. The third-order valence-electron chi connectivity index (χ3n) is 5.66. The summed E-state index contributed by atoms with van der Waals surface area (Å²) in [7, 11) is 0. The number of hydrogen-bond donors (Lipinski definition) is 0. The fraction of sp³-hybridized carbons (Fsp3) is 1.00. The zero-order valence-corrected chi connectivity index (χ0v) is 12.0. The first-order valence-corrected chi connectivity index (χ1v) is 7.87. The van der Waals surface area contributed by atoms with Crippen LogP contribution in [0.4, 0.5) is 0 Å². The van der Waals surface area contributed by atoms with Crippen LogP contribution in [0.15, 0.2) is 0 Å². The second-order valence-corrected chi connectivity index (χ2v) is 7.45. The van der Waals surface area contributed by atoms with Crippen molar-refractivity contribution in [2.75, 3.05) is 13.2 Å². The summed E-state index contributed by atoms with van der Waals surface area (Å²) >= 11 is 0. The minimum absolute atomic E-state index is 0.162. The Morgan fingerprint density at radius 1 is 0.722 bits per heavy atom. The van der Waals surface area contributed by atoms with Gasteiger partial charge in [0.05, 0.1) is 13.2 Å². The molecule has 0 amide bonds. The molecule has 3 fully saturated rings. The van der Waals surface area contributed by atoms with E-state index in [-0.39, 0.29) is 5.79 Å². The van der Waals surface area contributed by atoms with E-state index in [1.165, 1.54) is 38.5 Å². The van der Waals surface area contributed by atoms with E-state index >= 15 is 0 Å². The van der Waals surface area contributed by atoms with Crippen molar-refractivity contribution >= 4 is 0 Å². The van der Waals surface area contributed by atoms with Gasteiger partial charge >= 0.3 is 0 Å². The van der Waals surface area contributed by atoms with E-state index in [0.29, 0.717) is 5.41 Å². The number of hydrogen-bond acceptors (Lipinski definition) is 2. The maximum Gasteiger partial charge on any atom is 0.168 e. The van der Waals surface area contributed by atoms with Gasteiger partial charge in [0.25, 0.3) is 0 Å². The Labute approximate surface area is 111 Å². The summed E-state index contributed by atoms with van der Waals surface area (Å²) in [5.41, 5.74) is 0.601. The van der Waals surface area contributed by atoms with Gasteiger partial charge in [-0.2, -0.15) is 0 Å². The minimum Gasteiger partial charge on any atom is -0.348 e. The van der Waals surface area contributed by atoms with E-state index in [2.05, 4.69) is 13.8 Å². The van der Waals surface area contributed by atoms with E-state index in [4.69, 9.17) is 9.47 Å². The average molecular weight is 252 g/mol. The van der Waals surface area contributed by atoms with Crippen LogP contribution >= 0.6 is 0 Å². The molecule has 0 atom stereocenters. The molecule has 3 aliphatic rings. The van der Waals surface area contributed by atoms with Crippen LogP contribution in [0.5, 0.6) is 0 Å². The van der Waals surface area contributed by atoms with Gasteiger partial charge in [-0.05, 0) is 55.8 Å². The van der Waals surface area contributed by atoms with E-state index in [0.717, 1.165) is 37.9 Å². The van der Waals surface area contributed by atoms with Crippen LogP contribution in [0, 0.1) is 17.3 Å². The van der Waals surface area contributed by atoms with Crippen molar-refractivity contribution in [1.29, 1.82) is 0 Å². The highest BCUT2D eigenvalue weighted by atomic mass is 16.7. The molecular formula is C16H28O2. The van der Waals surface area contributed by atoms with E-state index in [9.17, 15) is 0 Å². The molecule has 0 unspecified atom stereocenters. The molecule has 2 heteroatoms. The topological polar surface area (TPSA) is 18.5 Å². The van der Waals surface area contributed by atoms with Gasteiger partial charge in [0.15, 0.2) is 5.79 Å². The molecule has 0 bridgehead atoms. The molecule has 0 radical (unpaired) electrons. The molecule has 2 aliphatic carbocycles. The molecule has 3 rings (SSSR count). The summed E-state index contributed by atoms with van der Waals surface area (Å²) in [4.78, 5) is 0. The number of rotatable bonds is 1. The van der Waals surface area contributed by atoms with Crippen LogP contribution < -0.4 is 0 Å². The normalized spacial score (nSPS) is 36.0. The summed E-state index contributed by atoms with van der Waals surface area (Å²) in [5, 5.41) is 0. The van der Waals surface area contributed by atoms with E-state index in [1.54, 1.807) is 0 Å². The molecule has 0 aromatic carbocycles. The summed E-state index contributed by atoms with van der Waals surface area (Å²) in [6.07, 6.45) is 10.7. The Balaban J connectivity index is 1.51. The number of ether oxygens (including phenoxy) is 2. The van der Waals surface area contributed by atoms with Gasteiger partial charge in [0.2, 0.25) is 0 Å². The lowest BCUT2D eigenvalue weighted by molar-refractivity contribution is -0.185. The van der Waals surface area contributed by atoms with Crippen LogP contribution in [0.3, 0.4) is 0 Å². The van der Waals surface area contributed by atoms with Gasteiger partial charge in [0, 0.05) is 12.8 Å². The van der Waals surface area contributed by atoms with Gasteiger partial charge in [0.1, 0.15) is 0 Å². The molecule has 18 heavy (non-hydrogen) atoms. The summed E-state index contributed by atoms with van der Waals surface area (Å²) < 4.78 is 11.7. The van der Waals surface area contributed by atoms with Gasteiger partial charge in [-0.25, -0.2) is 0 Å². The first kappa shape index (κ1) is 12.9. The first-order valence-electron chi connectivity index (χ1n) is 7.87. The Kier molecular flexibility index (Phi) is 3.44. The van der Waals surface area contributed by atoms with E-state index in [1.807, 2.05) is 0 Å². The van der Waals surface area contributed by atoms with Gasteiger partial charge in [-0.1, -0.05) is 13.8 Å². The predicted octanol–water partition coefficient (Wildman–Crippen LogP) is 4.14. The lowest BCUT2D eigenvalue weighted by Crippen LogP contribution is -2.38. The van der Waals surface area contributed by atoms with Crippen LogP contribution in [-0.2, 0) is 9.47 Å². The summed E-state index contributed by atoms with van der Waals surface area (Å²) in [5.74, 6) is 1.76. The molecular weight excluding hydrogens is 224 g/mol. The smallest absolute Gasteiger partial charge is 0.168 e. The Hall–Kier alpha value is -0.0800. The molecule has 2 saturated carbocycles. The molecule has 1 spiro atoms. The molecule has 1 aliphatic heterocycles. The summed E-state index contributed by atoms with van der Waals surface area (Å²) in [6, 6.07) is 0. The quantitative estimate of drug-likeness (QED) is 0.698. The van der Waals surface area contributed by atoms with Crippen molar-refractivity contribution in [3.05, 3.63) is 0 Å². The molecule has 0 aromatic heterocycles. The lowest BCUT2D eigenvalue weighted by atomic mass is 9.66. The van der Waals surface area contributed by atoms with Crippen LogP contribution in [-0.4, -0.2) is 19.0 Å². The summed E-state index contributed by atoms with van der Waals surface area (Å²) in [6.45, 7) is 6.48. The largest absolute Gasteiger partial charge is 0.348 e. The highest BCUT2D eigenvalue weighted by Gasteiger charge is 2.42. The highest BCUT2D eigenvalue weighted by molar-refractivity contribution is 4.88. The van der Waals surface area contributed by atoms with Crippen molar-refractivity contribution < 1.29 is 9.47 Å². The zero-order chi connectivity index (χ0) is 12.6. The van der Waals surface area contributed by atoms with E-state index < -0.39 is 0 Å². The Morgan fingerprint density at radius 3 is 1.67 bits per heavy atom. The molecule has 1 heterocycles. The maximum atomic E-state index is 5.83.